The summed E-state index contributed by atoms with van der Waals surface area (Å²) < 4.78 is 5.03. The molecule has 0 aliphatic carbocycles. The number of hydrazine groups is 1. The molecular formula is C11H18ClN3O2. The lowest BCUT2D eigenvalue weighted by Gasteiger charge is -2.30. The van der Waals surface area contributed by atoms with Gasteiger partial charge in [0.15, 0.2) is 0 Å². The quantitative estimate of drug-likeness (QED) is 0.576. The summed E-state index contributed by atoms with van der Waals surface area (Å²) in [5, 5.41) is 4.05. The van der Waals surface area contributed by atoms with Gasteiger partial charge in [-0.15, -0.1) is 0 Å². The number of nitrogens with zero attached hydrogens (tertiary/aromatic N) is 3. The Morgan fingerprint density at radius 2 is 2.12 bits per heavy atom. The van der Waals surface area contributed by atoms with Crippen molar-refractivity contribution in [2.24, 2.45) is 0 Å². The fourth-order valence-electron chi connectivity index (χ4n) is 1.40. The predicted molar refractivity (Wildman–Crippen MR) is 68.0 cm³/mol. The fraction of sp³-hybridized carbons (Fsp3) is 0.545. The van der Waals surface area contributed by atoms with E-state index < -0.39 is 0 Å². The van der Waals surface area contributed by atoms with Gasteiger partial charge in [-0.3, -0.25) is 4.84 Å². The molecule has 0 aliphatic heterocycles. The fourth-order valence-corrected chi connectivity index (χ4v) is 1.51. The van der Waals surface area contributed by atoms with Crippen molar-refractivity contribution in [1.29, 1.82) is 0 Å². The second kappa shape index (κ2) is 6.76. The van der Waals surface area contributed by atoms with Crippen LogP contribution in [0, 0.1) is 6.92 Å². The van der Waals surface area contributed by atoms with Gasteiger partial charge in [0.25, 0.3) is 0 Å². The first kappa shape index (κ1) is 14.2. The van der Waals surface area contributed by atoms with Gasteiger partial charge in [0.1, 0.15) is 10.8 Å². The molecule has 0 amide bonds. The van der Waals surface area contributed by atoms with E-state index in [2.05, 4.69) is 4.98 Å². The number of aromatic nitrogens is 1. The predicted octanol–water partition coefficient (Wildman–Crippen LogP) is 1.90. The van der Waals surface area contributed by atoms with Crippen LogP contribution in [0.15, 0.2) is 12.3 Å². The van der Waals surface area contributed by atoms with Gasteiger partial charge >= 0.3 is 0 Å². The van der Waals surface area contributed by atoms with E-state index in [-0.39, 0.29) is 0 Å². The molecule has 5 nitrogen and oxygen atoms in total. The molecule has 6 heteroatoms. The Morgan fingerprint density at radius 3 is 2.65 bits per heavy atom. The Hall–Kier alpha value is -0.880. The maximum absolute atomic E-state index is 5.89. The van der Waals surface area contributed by atoms with E-state index in [0.29, 0.717) is 18.3 Å². The van der Waals surface area contributed by atoms with Crippen molar-refractivity contribution >= 4 is 17.3 Å². The molecule has 0 radical (unpaired) electrons. The molecule has 1 aromatic rings. The molecule has 0 N–H and O–H groups in total. The molecule has 1 aromatic heterocycles. The maximum Gasteiger partial charge on any atom is 0.132 e. The average molecular weight is 260 g/mol. The zero-order valence-corrected chi connectivity index (χ0v) is 11.4. The van der Waals surface area contributed by atoms with Crippen molar-refractivity contribution in [3.8, 4) is 0 Å². The van der Waals surface area contributed by atoms with Gasteiger partial charge in [-0.2, -0.15) is 10.2 Å². The monoisotopic (exact) mass is 259 g/mol. The van der Waals surface area contributed by atoms with Gasteiger partial charge in [0.2, 0.25) is 0 Å². The number of halogens is 1. The van der Waals surface area contributed by atoms with Crippen LogP contribution < -0.4 is 5.17 Å². The van der Waals surface area contributed by atoms with E-state index in [4.69, 9.17) is 21.2 Å². The summed E-state index contributed by atoms with van der Waals surface area (Å²) in [5.41, 5.74) is 1.74. The van der Waals surface area contributed by atoms with Gasteiger partial charge in [0.05, 0.1) is 19.9 Å². The number of ether oxygens (including phenoxy) is 1. The first-order valence-corrected chi connectivity index (χ1v) is 5.64. The second-order valence-electron chi connectivity index (χ2n) is 3.63. The number of rotatable bonds is 6. The van der Waals surface area contributed by atoms with Crippen LogP contribution in [-0.4, -0.2) is 44.4 Å². The third kappa shape index (κ3) is 3.81. The van der Waals surface area contributed by atoms with Crippen LogP contribution >= 0.6 is 11.6 Å². The van der Waals surface area contributed by atoms with E-state index in [0.717, 1.165) is 11.3 Å². The zero-order valence-electron chi connectivity index (χ0n) is 10.6. The van der Waals surface area contributed by atoms with Crippen LogP contribution in [0.25, 0.3) is 0 Å². The number of likely N-dealkylation sites (N-methyl/N-ethyl adjacent to an activating group) is 1. The number of methoxy groups -OCH3 is 1. The average Bonchev–Trinajstić information content (AvgIpc) is 2.32. The van der Waals surface area contributed by atoms with Crippen molar-refractivity contribution in [2.45, 2.75) is 6.92 Å². The van der Waals surface area contributed by atoms with Gasteiger partial charge in [-0.25, -0.2) is 4.98 Å². The molecule has 0 aromatic carbocycles. The number of pyridine rings is 1. The first-order valence-electron chi connectivity index (χ1n) is 5.26. The minimum absolute atomic E-state index is 0.504. The SMILES string of the molecule is COCCN(C)N(OC)c1cnc(Cl)c(C)c1. The molecule has 0 saturated heterocycles. The summed E-state index contributed by atoms with van der Waals surface area (Å²) in [6, 6.07) is 1.92. The molecular weight excluding hydrogens is 242 g/mol. The van der Waals surface area contributed by atoms with E-state index in [9.17, 15) is 0 Å². The first-order chi connectivity index (χ1) is 8.10. The van der Waals surface area contributed by atoms with Crippen molar-refractivity contribution < 1.29 is 9.57 Å². The number of aryl methyl sites for hydroxylation is 1. The summed E-state index contributed by atoms with van der Waals surface area (Å²) in [5.74, 6) is 0. The van der Waals surface area contributed by atoms with Crippen LogP contribution in [-0.2, 0) is 9.57 Å². The molecule has 0 aliphatic rings. The van der Waals surface area contributed by atoms with Crippen molar-refractivity contribution in [1.82, 2.24) is 9.99 Å². The smallest absolute Gasteiger partial charge is 0.132 e. The van der Waals surface area contributed by atoms with Crippen LogP contribution in [0.5, 0.6) is 0 Å². The molecule has 0 spiro atoms. The van der Waals surface area contributed by atoms with Gasteiger partial charge < -0.3 is 4.74 Å². The lowest BCUT2D eigenvalue weighted by molar-refractivity contribution is 0.0266. The summed E-state index contributed by atoms with van der Waals surface area (Å²) in [7, 11) is 5.18. The van der Waals surface area contributed by atoms with E-state index in [1.54, 1.807) is 25.6 Å². The third-order valence-corrected chi connectivity index (χ3v) is 2.72. The number of hydrogen-bond acceptors (Lipinski definition) is 5. The zero-order chi connectivity index (χ0) is 12.8. The van der Waals surface area contributed by atoms with Gasteiger partial charge in [0, 0.05) is 20.7 Å². The number of anilines is 1. The van der Waals surface area contributed by atoms with Crippen LogP contribution in [0.1, 0.15) is 5.56 Å². The topological polar surface area (TPSA) is 37.8 Å². The molecule has 0 saturated carbocycles. The Kier molecular flexibility index (Phi) is 5.64. The normalized spacial score (nSPS) is 10.9. The maximum atomic E-state index is 5.89. The highest BCUT2D eigenvalue weighted by molar-refractivity contribution is 6.30. The lowest BCUT2D eigenvalue weighted by atomic mass is 10.3. The standard InChI is InChI=1S/C11H18ClN3O2/c1-9-7-10(8-13-11(9)12)15(17-4)14(2)5-6-16-3/h7-8H,5-6H2,1-4H3. The van der Waals surface area contributed by atoms with Gasteiger partial charge in [-0.1, -0.05) is 11.6 Å². The van der Waals surface area contributed by atoms with E-state index >= 15 is 0 Å². The molecule has 0 unspecified atom stereocenters. The van der Waals surface area contributed by atoms with Gasteiger partial charge in [-0.05, 0) is 18.6 Å². The highest BCUT2D eigenvalue weighted by Crippen LogP contribution is 2.20. The largest absolute Gasteiger partial charge is 0.383 e. The van der Waals surface area contributed by atoms with Crippen molar-refractivity contribution in [3.63, 3.8) is 0 Å². The Balaban J connectivity index is 2.81. The van der Waals surface area contributed by atoms with Crippen LogP contribution in [0.2, 0.25) is 5.15 Å². The summed E-state index contributed by atoms with van der Waals surface area (Å²) in [4.78, 5) is 9.41. The molecule has 1 rings (SSSR count). The summed E-state index contributed by atoms with van der Waals surface area (Å²) in [6.07, 6.45) is 1.67. The van der Waals surface area contributed by atoms with E-state index in [1.165, 1.54) is 0 Å². The highest BCUT2D eigenvalue weighted by Gasteiger charge is 2.13. The molecule has 1 heterocycles. The van der Waals surface area contributed by atoms with Crippen LogP contribution in [0.4, 0.5) is 5.69 Å². The second-order valence-corrected chi connectivity index (χ2v) is 3.99. The molecule has 0 atom stereocenters. The van der Waals surface area contributed by atoms with Crippen molar-refractivity contribution in [3.05, 3.63) is 23.0 Å². The Labute approximate surface area is 107 Å². The third-order valence-electron chi connectivity index (χ3n) is 2.32. The Morgan fingerprint density at radius 1 is 1.41 bits per heavy atom. The highest BCUT2D eigenvalue weighted by atomic mass is 35.5. The summed E-state index contributed by atoms with van der Waals surface area (Å²) in [6.45, 7) is 3.24. The molecule has 17 heavy (non-hydrogen) atoms. The molecule has 96 valence electrons. The molecule has 0 bridgehead atoms. The lowest BCUT2D eigenvalue weighted by Crippen LogP contribution is -2.41. The minimum atomic E-state index is 0.504. The van der Waals surface area contributed by atoms with E-state index in [1.807, 2.05) is 25.0 Å². The van der Waals surface area contributed by atoms with Crippen LogP contribution in [0.3, 0.4) is 0 Å². The summed E-state index contributed by atoms with van der Waals surface area (Å²) >= 11 is 5.89. The number of hydrogen-bond donors (Lipinski definition) is 0. The minimum Gasteiger partial charge on any atom is -0.383 e. The molecule has 0 fully saturated rings. The van der Waals surface area contributed by atoms with Crippen molar-refractivity contribution in [2.75, 3.05) is 39.6 Å². The Bertz CT molecular complexity index is 363.